The van der Waals surface area contributed by atoms with Gasteiger partial charge in [0.25, 0.3) is 0 Å². The van der Waals surface area contributed by atoms with Gasteiger partial charge in [0, 0.05) is 17.6 Å². The topological polar surface area (TPSA) is 52.5 Å². The number of phenolic OH excluding ortho intramolecular Hbond substituents is 2. The number of benzene rings is 2. The van der Waals surface area contributed by atoms with Gasteiger partial charge in [-0.3, -0.25) is 0 Å². The van der Waals surface area contributed by atoms with E-state index >= 15 is 0 Å². The van der Waals surface area contributed by atoms with Crippen LogP contribution < -0.4 is 5.32 Å². The van der Waals surface area contributed by atoms with Gasteiger partial charge in [0.05, 0.1) is 0 Å². The fourth-order valence-corrected chi connectivity index (χ4v) is 2.50. The summed E-state index contributed by atoms with van der Waals surface area (Å²) in [6.45, 7) is 4.21. The average molecular weight is 285 g/mol. The van der Waals surface area contributed by atoms with Gasteiger partial charge in [0.1, 0.15) is 11.5 Å². The normalized spacial score (nSPS) is 13.8. The third-order valence-corrected chi connectivity index (χ3v) is 3.74. The van der Waals surface area contributed by atoms with Gasteiger partial charge in [-0.15, -0.1) is 0 Å². The summed E-state index contributed by atoms with van der Waals surface area (Å²) in [5.74, 6) is 0.640. The van der Waals surface area contributed by atoms with Crippen LogP contribution in [-0.4, -0.2) is 16.3 Å². The Kier molecular flexibility index (Phi) is 5.23. The number of aryl methyl sites for hydroxylation is 1. The molecule has 2 unspecified atom stereocenters. The Balaban J connectivity index is 1.85. The first-order valence-corrected chi connectivity index (χ1v) is 7.38. The van der Waals surface area contributed by atoms with Crippen molar-refractivity contribution in [2.75, 3.05) is 0 Å². The van der Waals surface area contributed by atoms with Crippen LogP contribution in [-0.2, 0) is 6.42 Å². The molecule has 3 N–H and O–H groups in total. The van der Waals surface area contributed by atoms with E-state index in [0.29, 0.717) is 17.5 Å². The minimum atomic E-state index is 0.112. The van der Waals surface area contributed by atoms with Crippen molar-refractivity contribution in [2.45, 2.75) is 38.8 Å². The van der Waals surface area contributed by atoms with Gasteiger partial charge < -0.3 is 15.5 Å². The second-order valence-corrected chi connectivity index (χ2v) is 5.55. The van der Waals surface area contributed by atoms with E-state index in [2.05, 4.69) is 19.2 Å². The predicted octanol–water partition coefficient (Wildman–Crippen LogP) is 3.77. The van der Waals surface area contributed by atoms with Crippen LogP contribution in [0, 0.1) is 0 Å². The molecule has 0 aliphatic rings. The summed E-state index contributed by atoms with van der Waals surface area (Å²) in [6, 6.07) is 15.2. The van der Waals surface area contributed by atoms with E-state index in [1.54, 1.807) is 18.2 Å². The van der Waals surface area contributed by atoms with Crippen LogP contribution in [0.5, 0.6) is 11.5 Å². The summed E-state index contributed by atoms with van der Waals surface area (Å²) >= 11 is 0. The lowest BCUT2D eigenvalue weighted by molar-refractivity contribution is 0.425. The van der Waals surface area contributed by atoms with Crippen molar-refractivity contribution < 1.29 is 10.2 Å². The Bertz CT molecular complexity index is 566. The number of nitrogens with one attached hydrogen (secondary N) is 1. The van der Waals surface area contributed by atoms with E-state index < -0.39 is 0 Å². The fraction of sp³-hybridized carbons (Fsp3) is 0.333. The van der Waals surface area contributed by atoms with E-state index in [-0.39, 0.29) is 6.04 Å². The molecule has 2 atom stereocenters. The highest BCUT2D eigenvalue weighted by molar-refractivity contribution is 5.34. The smallest absolute Gasteiger partial charge is 0.120 e. The Labute approximate surface area is 126 Å². The monoisotopic (exact) mass is 285 g/mol. The summed E-state index contributed by atoms with van der Waals surface area (Å²) in [4.78, 5) is 0. The Morgan fingerprint density at radius 2 is 1.62 bits per heavy atom. The molecule has 21 heavy (non-hydrogen) atoms. The summed E-state index contributed by atoms with van der Waals surface area (Å²) in [7, 11) is 0. The molecule has 0 bridgehead atoms. The molecule has 2 aromatic rings. The lowest BCUT2D eigenvalue weighted by Crippen LogP contribution is -2.29. The van der Waals surface area contributed by atoms with Crippen molar-refractivity contribution in [3.63, 3.8) is 0 Å². The second kappa shape index (κ2) is 7.14. The maximum Gasteiger partial charge on any atom is 0.120 e. The Morgan fingerprint density at radius 1 is 0.952 bits per heavy atom. The molecule has 0 heterocycles. The van der Waals surface area contributed by atoms with Crippen LogP contribution >= 0.6 is 0 Å². The van der Waals surface area contributed by atoms with Gasteiger partial charge >= 0.3 is 0 Å². The van der Waals surface area contributed by atoms with Gasteiger partial charge in [-0.1, -0.05) is 30.3 Å². The lowest BCUT2D eigenvalue weighted by Gasteiger charge is -2.21. The van der Waals surface area contributed by atoms with Crippen LogP contribution in [0.15, 0.2) is 48.5 Å². The molecule has 0 amide bonds. The van der Waals surface area contributed by atoms with E-state index in [1.807, 2.05) is 30.3 Å². The van der Waals surface area contributed by atoms with Gasteiger partial charge in [0.15, 0.2) is 0 Å². The molecule has 0 saturated carbocycles. The largest absolute Gasteiger partial charge is 0.508 e. The summed E-state index contributed by atoms with van der Waals surface area (Å²) in [5, 5.41) is 22.6. The maximum absolute atomic E-state index is 9.86. The standard InChI is InChI=1S/C18H23NO2/c1-13(7-8-15-9-11-16(20)12-10-15)19-14(2)17-5-3-4-6-18(17)21/h3-6,9-14,19-21H,7-8H2,1-2H3. The molecule has 112 valence electrons. The molecule has 0 spiro atoms. The van der Waals surface area contributed by atoms with Gasteiger partial charge in [-0.05, 0) is 50.5 Å². The summed E-state index contributed by atoms with van der Waals surface area (Å²) < 4.78 is 0. The fourth-order valence-electron chi connectivity index (χ4n) is 2.50. The van der Waals surface area contributed by atoms with Crippen LogP contribution in [0.4, 0.5) is 0 Å². The third-order valence-electron chi connectivity index (χ3n) is 3.74. The van der Waals surface area contributed by atoms with E-state index in [1.165, 1.54) is 5.56 Å². The SMILES string of the molecule is CC(CCc1ccc(O)cc1)NC(C)c1ccccc1O. The molecule has 0 aromatic heterocycles. The highest BCUT2D eigenvalue weighted by Gasteiger charge is 2.12. The molecule has 0 aliphatic heterocycles. The number of aromatic hydroxyl groups is 2. The third kappa shape index (κ3) is 4.50. The van der Waals surface area contributed by atoms with E-state index in [4.69, 9.17) is 0 Å². The maximum atomic E-state index is 9.86. The first kappa shape index (κ1) is 15.4. The number of rotatable bonds is 6. The molecule has 0 saturated heterocycles. The molecule has 2 rings (SSSR count). The van der Waals surface area contributed by atoms with Crippen molar-refractivity contribution in [3.05, 3.63) is 59.7 Å². The molecule has 0 radical (unpaired) electrons. The highest BCUT2D eigenvalue weighted by Crippen LogP contribution is 2.23. The Hall–Kier alpha value is -2.00. The zero-order valence-electron chi connectivity index (χ0n) is 12.6. The van der Waals surface area contributed by atoms with Crippen molar-refractivity contribution in [3.8, 4) is 11.5 Å². The van der Waals surface area contributed by atoms with Crippen molar-refractivity contribution >= 4 is 0 Å². The number of hydrogen-bond acceptors (Lipinski definition) is 3. The summed E-state index contributed by atoms with van der Waals surface area (Å²) in [5.41, 5.74) is 2.14. The molecule has 2 aromatic carbocycles. The van der Waals surface area contributed by atoms with Crippen LogP contribution in [0.3, 0.4) is 0 Å². The van der Waals surface area contributed by atoms with Crippen molar-refractivity contribution in [1.29, 1.82) is 0 Å². The second-order valence-electron chi connectivity index (χ2n) is 5.55. The zero-order valence-corrected chi connectivity index (χ0v) is 12.6. The molecule has 0 aliphatic carbocycles. The predicted molar refractivity (Wildman–Crippen MR) is 85.5 cm³/mol. The van der Waals surface area contributed by atoms with Gasteiger partial charge in [0.2, 0.25) is 0 Å². The molecule has 3 heteroatoms. The number of phenols is 2. The zero-order chi connectivity index (χ0) is 15.2. The first-order valence-electron chi connectivity index (χ1n) is 7.38. The minimum absolute atomic E-state index is 0.112. The van der Waals surface area contributed by atoms with Crippen molar-refractivity contribution in [2.24, 2.45) is 0 Å². The van der Waals surface area contributed by atoms with Crippen LogP contribution in [0.25, 0.3) is 0 Å². The summed E-state index contributed by atoms with van der Waals surface area (Å²) in [6.07, 6.45) is 1.96. The van der Waals surface area contributed by atoms with Gasteiger partial charge in [-0.2, -0.15) is 0 Å². The van der Waals surface area contributed by atoms with Crippen molar-refractivity contribution in [1.82, 2.24) is 5.32 Å². The van der Waals surface area contributed by atoms with Crippen LogP contribution in [0.2, 0.25) is 0 Å². The molecule has 0 fully saturated rings. The first-order chi connectivity index (χ1) is 10.1. The van der Waals surface area contributed by atoms with Gasteiger partial charge in [-0.25, -0.2) is 0 Å². The molecule has 3 nitrogen and oxygen atoms in total. The molecular formula is C18H23NO2. The average Bonchev–Trinajstić information content (AvgIpc) is 2.47. The van der Waals surface area contributed by atoms with Crippen LogP contribution in [0.1, 0.15) is 37.4 Å². The number of para-hydroxylation sites is 1. The highest BCUT2D eigenvalue weighted by atomic mass is 16.3. The minimum Gasteiger partial charge on any atom is -0.508 e. The van der Waals surface area contributed by atoms with E-state index in [9.17, 15) is 10.2 Å². The Morgan fingerprint density at radius 3 is 2.29 bits per heavy atom. The number of hydrogen-bond donors (Lipinski definition) is 3. The quantitative estimate of drug-likeness (QED) is 0.757. The lowest BCUT2D eigenvalue weighted by atomic mass is 10.0. The van der Waals surface area contributed by atoms with E-state index in [0.717, 1.165) is 18.4 Å². The molecular weight excluding hydrogens is 262 g/mol.